The molecular weight excluding hydrogens is 254 g/mol. The molecule has 0 radical (unpaired) electrons. The highest BCUT2D eigenvalue weighted by Crippen LogP contribution is 2.21. The van der Waals surface area contributed by atoms with E-state index in [2.05, 4.69) is 22.2 Å². The lowest BCUT2D eigenvalue weighted by Gasteiger charge is -2.24. The third kappa shape index (κ3) is 3.82. The Morgan fingerprint density at radius 1 is 1.45 bits per heavy atom. The molecule has 1 rings (SSSR count). The average molecular weight is 279 g/mol. The maximum atomic E-state index is 11.6. The third-order valence-electron chi connectivity index (χ3n) is 3.28. The molecule has 0 aliphatic carbocycles. The summed E-state index contributed by atoms with van der Waals surface area (Å²) < 4.78 is 0. The fourth-order valence-electron chi connectivity index (χ4n) is 2.10. The number of nitrogens with zero attached hydrogens (tertiary/aromatic N) is 3. The molecule has 0 saturated heterocycles. The van der Waals surface area contributed by atoms with Crippen molar-refractivity contribution >= 4 is 17.5 Å². The van der Waals surface area contributed by atoms with Gasteiger partial charge in [0.15, 0.2) is 0 Å². The van der Waals surface area contributed by atoms with E-state index in [0.29, 0.717) is 12.4 Å². The summed E-state index contributed by atoms with van der Waals surface area (Å²) in [7, 11) is 3.57. The summed E-state index contributed by atoms with van der Waals surface area (Å²) in [6.07, 6.45) is 1.77. The molecule has 0 bridgehead atoms. The first kappa shape index (κ1) is 16.2. The minimum atomic E-state index is -0.116. The maximum Gasteiger partial charge on any atom is 0.224 e. The fourth-order valence-corrected chi connectivity index (χ4v) is 2.10. The van der Waals surface area contributed by atoms with Gasteiger partial charge < -0.3 is 16.0 Å². The summed E-state index contributed by atoms with van der Waals surface area (Å²) in [5.41, 5.74) is 6.81. The normalized spacial score (nSPS) is 12.1. The molecule has 0 fully saturated rings. The highest BCUT2D eigenvalue weighted by Gasteiger charge is 2.18. The SMILES string of the molecule is CCCc1nc(N)c(C)c(N(C)CC(C)C(=O)NC)n1. The second kappa shape index (κ2) is 7.07. The molecule has 0 aliphatic heterocycles. The number of nitrogen functional groups attached to an aromatic ring is 1. The Labute approximate surface area is 120 Å². The number of amides is 1. The van der Waals surface area contributed by atoms with Crippen molar-refractivity contribution < 1.29 is 4.79 Å². The van der Waals surface area contributed by atoms with Crippen molar-refractivity contribution in [2.75, 3.05) is 31.3 Å². The van der Waals surface area contributed by atoms with Crippen LogP contribution in [-0.2, 0) is 11.2 Å². The van der Waals surface area contributed by atoms with Gasteiger partial charge in [0.25, 0.3) is 0 Å². The summed E-state index contributed by atoms with van der Waals surface area (Å²) in [5.74, 6) is 1.97. The van der Waals surface area contributed by atoms with Crippen LogP contribution in [0.4, 0.5) is 11.6 Å². The van der Waals surface area contributed by atoms with Crippen LogP contribution in [0.15, 0.2) is 0 Å². The van der Waals surface area contributed by atoms with Gasteiger partial charge in [-0.3, -0.25) is 4.79 Å². The van der Waals surface area contributed by atoms with Gasteiger partial charge in [0.05, 0.1) is 5.92 Å². The molecule has 1 atom stereocenters. The lowest BCUT2D eigenvalue weighted by molar-refractivity contribution is -0.123. The largest absolute Gasteiger partial charge is 0.383 e. The molecule has 1 aromatic heterocycles. The zero-order valence-electron chi connectivity index (χ0n) is 13.0. The van der Waals surface area contributed by atoms with E-state index in [1.54, 1.807) is 7.05 Å². The van der Waals surface area contributed by atoms with Crippen molar-refractivity contribution in [2.24, 2.45) is 5.92 Å². The first-order valence-corrected chi connectivity index (χ1v) is 6.96. The van der Waals surface area contributed by atoms with Crippen LogP contribution in [0.25, 0.3) is 0 Å². The maximum absolute atomic E-state index is 11.6. The Balaban J connectivity index is 2.96. The number of hydrogen-bond acceptors (Lipinski definition) is 5. The van der Waals surface area contributed by atoms with E-state index < -0.39 is 0 Å². The molecule has 1 unspecified atom stereocenters. The third-order valence-corrected chi connectivity index (χ3v) is 3.28. The van der Waals surface area contributed by atoms with Gasteiger partial charge in [-0.2, -0.15) is 0 Å². The van der Waals surface area contributed by atoms with Gasteiger partial charge in [-0.05, 0) is 13.3 Å². The second-order valence-corrected chi connectivity index (χ2v) is 5.12. The van der Waals surface area contributed by atoms with E-state index in [9.17, 15) is 4.79 Å². The number of rotatable bonds is 6. The van der Waals surface area contributed by atoms with E-state index in [0.717, 1.165) is 30.0 Å². The minimum absolute atomic E-state index is 0.0188. The molecular formula is C14H25N5O. The first-order chi connectivity index (χ1) is 9.40. The van der Waals surface area contributed by atoms with Crippen LogP contribution in [0.1, 0.15) is 31.7 Å². The Bertz CT molecular complexity index is 475. The molecule has 1 aromatic rings. The molecule has 0 saturated carbocycles. The van der Waals surface area contributed by atoms with E-state index in [1.807, 2.05) is 25.8 Å². The summed E-state index contributed by atoms with van der Waals surface area (Å²) in [5, 5.41) is 2.66. The molecule has 0 aliphatic rings. The molecule has 112 valence electrons. The zero-order chi connectivity index (χ0) is 15.3. The van der Waals surface area contributed by atoms with E-state index in [1.165, 1.54) is 0 Å². The van der Waals surface area contributed by atoms with Gasteiger partial charge in [-0.25, -0.2) is 9.97 Å². The predicted octanol–water partition coefficient (Wildman–Crippen LogP) is 1.14. The summed E-state index contributed by atoms with van der Waals surface area (Å²) >= 11 is 0. The number of anilines is 2. The van der Waals surface area contributed by atoms with Crippen molar-refractivity contribution in [1.29, 1.82) is 0 Å². The molecule has 1 heterocycles. The van der Waals surface area contributed by atoms with Crippen molar-refractivity contribution in [3.8, 4) is 0 Å². The molecule has 0 aromatic carbocycles. The van der Waals surface area contributed by atoms with Gasteiger partial charge in [-0.15, -0.1) is 0 Å². The number of carbonyl (C=O) groups is 1. The lowest BCUT2D eigenvalue weighted by atomic mass is 10.1. The highest BCUT2D eigenvalue weighted by atomic mass is 16.1. The topological polar surface area (TPSA) is 84.1 Å². The predicted molar refractivity (Wildman–Crippen MR) is 81.7 cm³/mol. The number of aryl methyl sites for hydroxylation is 1. The highest BCUT2D eigenvalue weighted by molar-refractivity contribution is 5.78. The van der Waals surface area contributed by atoms with Crippen LogP contribution in [0, 0.1) is 12.8 Å². The smallest absolute Gasteiger partial charge is 0.224 e. The number of aromatic nitrogens is 2. The molecule has 3 N–H and O–H groups in total. The van der Waals surface area contributed by atoms with Crippen molar-refractivity contribution in [1.82, 2.24) is 15.3 Å². The number of carbonyl (C=O) groups excluding carboxylic acids is 1. The summed E-state index contributed by atoms with van der Waals surface area (Å²) in [4.78, 5) is 22.4. The van der Waals surface area contributed by atoms with E-state index >= 15 is 0 Å². The second-order valence-electron chi connectivity index (χ2n) is 5.12. The van der Waals surface area contributed by atoms with Crippen LogP contribution in [0.3, 0.4) is 0 Å². The lowest BCUT2D eigenvalue weighted by Crippen LogP contribution is -2.35. The van der Waals surface area contributed by atoms with Crippen LogP contribution in [-0.4, -0.2) is 36.5 Å². The molecule has 20 heavy (non-hydrogen) atoms. The first-order valence-electron chi connectivity index (χ1n) is 6.96. The van der Waals surface area contributed by atoms with Gasteiger partial charge in [-0.1, -0.05) is 13.8 Å². The zero-order valence-corrected chi connectivity index (χ0v) is 13.0. The van der Waals surface area contributed by atoms with Crippen molar-refractivity contribution in [2.45, 2.75) is 33.6 Å². The van der Waals surface area contributed by atoms with Gasteiger partial charge in [0, 0.05) is 32.6 Å². The molecule has 1 amide bonds. The molecule has 6 nitrogen and oxygen atoms in total. The Morgan fingerprint density at radius 3 is 2.65 bits per heavy atom. The Morgan fingerprint density at radius 2 is 2.10 bits per heavy atom. The average Bonchev–Trinajstić information content (AvgIpc) is 2.41. The van der Waals surface area contributed by atoms with E-state index in [-0.39, 0.29) is 11.8 Å². The van der Waals surface area contributed by atoms with Crippen molar-refractivity contribution in [3.63, 3.8) is 0 Å². The van der Waals surface area contributed by atoms with E-state index in [4.69, 9.17) is 5.73 Å². The van der Waals surface area contributed by atoms with Gasteiger partial charge >= 0.3 is 0 Å². The number of nitrogens with one attached hydrogen (secondary N) is 1. The van der Waals surface area contributed by atoms with Crippen molar-refractivity contribution in [3.05, 3.63) is 11.4 Å². The van der Waals surface area contributed by atoms with Crippen LogP contribution in [0.2, 0.25) is 0 Å². The standard InChI is InChI=1S/C14H25N5O/c1-6-7-11-17-12(15)10(3)13(18-11)19(5)8-9(2)14(20)16-4/h9H,6-8H2,1-5H3,(H,16,20)(H2,15,17,18). The van der Waals surface area contributed by atoms with Gasteiger partial charge in [0.1, 0.15) is 17.5 Å². The van der Waals surface area contributed by atoms with Crippen LogP contribution < -0.4 is 16.0 Å². The number of nitrogens with two attached hydrogens (primary N) is 1. The molecule has 0 spiro atoms. The monoisotopic (exact) mass is 279 g/mol. The van der Waals surface area contributed by atoms with Gasteiger partial charge in [0.2, 0.25) is 5.91 Å². The minimum Gasteiger partial charge on any atom is -0.383 e. The van der Waals surface area contributed by atoms with Crippen LogP contribution >= 0.6 is 0 Å². The summed E-state index contributed by atoms with van der Waals surface area (Å²) in [6.45, 7) is 6.46. The number of hydrogen-bond donors (Lipinski definition) is 2. The van der Waals surface area contributed by atoms with Crippen LogP contribution in [0.5, 0.6) is 0 Å². The summed E-state index contributed by atoms with van der Waals surface area (Å²) in [6, 6.07) is 0. The Hall–Kier alpha value is -1.85. The fraction of sp³-hybridized carbons (Fsp3) is 0.643. The Kier molecular flexibility index (Phi) is 5.73. The quantitative estimate of drug-likeness (QED) is 0.815. The molecule has 6 heteroatoms.